The van der Waals surface area contributed by atoms with Crippen LogP contribution in [0.15, 0.2) is 0 Å². The third-order valence-corrected chi connectivity index (χ3v) is 0.421. The van der Waals surface area contributed by atoms with Crippen molar-refractivity contribution in [2.24, 2.45) is 0 Å². The van der Waals surface area contributed by atoms with E-state index in [1.807, 2.05) is 0 Å². The van der Waals surface area contributed by atoms with Gasteiger partial charge in [0.15, 0.2) is 0 Å². The summed E-state index contributed by atoms with van der Waals surface area (Å²) in [5.74, 6) is 0. The van der Waals surface area contributed by atoms with Crippen LogP contribution in [-0.2, 0) is 0 Å². The smallest absolute Gasteiger partial charge is 1.00 e. The summed E-state index contributed by atoms with van der Waals surface area (Å²) in [6.45, 7) is -0.729. The largest absolute Gasteiger partial charge is 2.00 e. The first-order chi connectivity index (χ1) is 2.81. The van der Waals surface area contributed by atoms with Gasteiger partial charge in [-0.1, -0.05) is 0 Å². The standard InChI is InChI=1S/C3H8O3.Ca.ClH.2H/c4-1-3(6)2-5;;;;/h3-6H,1-2H2;;1H;;/q;+2;;2*-1. The first kappa shape index (κ1) is 16.2. The molecular formula is C3H11CaClO3. The number of hydrogen-bond donors (Lipinski definition) is 3. The van der Waals surface area contributed by atoms with Gasteiger partial charge in [-0.3, -0.25) is 0 Å². The van der Waals surface area contributed by atoms with Crippen LogP contribution in [-0.4, -0.2) is 72.4 Å². The molecule has 0 bridgehead atoms. The molecule has 0 rings (SSSR count). The fourth-order valence-electron chi connectivity index (χ4n) is 0.0577. The number of hydrogen-bond acceptors (Lipinski definition) is 3. The summed E-state index contributed by atoms with van der Waals surface area (Å²) in [7, 11) is 0. The molecular weight excluding hydrogens is 160 g/mol. The molecule has 0 heterocycles. The van der Waals surface area contributed by atoms with Gasteiger partial charge >= 0.3 is 37.7 Å². The third-order valence-electron chi connectivity index (χ3n) is 0.421. The zero-order chi connectivity index (χ0) is 4.99. The minimum absolute atomic E-state index is 0. The van der Waals surface area contributed by atoms with Crippen LogP contribution in [0.4, 0.5) is 0 Å². The minimum Gasteiger partial charge on any atom is -1.00 e. The topological polar surface area (TPSA) is 60.7 Å². The summed E-state index contributed by atoms with van der Waals surface area (Å²) in [6, 6.07) is 0. The van der Waals surface area contributed by atoms with Gasteiger partial charge in [-0.2, -0.15) is 0 Å². The summed E-state index contributed by atoms with van der Waals surface area (Å²) in [6.07, 6.45) is -0.954. The fraction of sp³-hybridized carbons (Fsp3) is 1.00. The number of aliphatic hydroxyl groups excluding tert-OH is 3. The first-order valence-electron chi connectivity index (χ1n) is 1.71. The fourth-order valence-corrected chi connectivity index (χ4v) is 0.0577. The van der Waals surface area contributed by atoms with E-state index in [2.05, 4.69) is 0 Å². The van der Waals surface area contributed by atoms with Crippen LogP contribution in [0.3, 0.4) is 0 Å². The third kappa shape index (κ3) is 10.4. The average molecular weight is 171 g/mol. The molecule has 8 heavy (non-hydrogen) atoms. The maximum Gasteiger partial charge on any atom is 2.00 e. The van der Waals surface area contributed by atoms with Crippen molar-refractivity contribution in [3.8, 4) is 0 Å². The maximum absolute atomic E-state index is 8.17. The molecule has 0 radical (unpaired) electrons. The summed E-state index contributed by atoms with van der Waals surface area (Å²) in [4.78, 5) is 0. The van der Waals surface area contributed by atoms with Crippen LogP contribution in [0.5, 0.6) is 0 Å². The van der Waals surface area contributed by atoms with Crippen LogP contribution in [0.2, 0.25) is 0 Å². The molecule has 0 aliphatic rings. The van der Waals surface area contributed by atoms with Crippen molar-refractivity contribution < 1.29 is 18.2 Å². The van der Waals surface area contributed by atoms with Crippen molar-refractivity contribution in [3.05, 3.63) is 0 Å². The van der Waals surface area contributed by atoms with Gasteiger partial charge in [-0.15, -0.1) is 12.4 Å². The molecule has 0 spiro atoms. The van der Waals surface area contributed by atoms with E-state index in [4.69, 9.17) is 15.3 Å². The van der Waals surface area contributed by atoms with E-state index < -0.39 is 6.10 Å². The first-order valence-corrected chi connectivity index (χ1v) is 1.71. The Morgan fingerprint density at radius 3 is 1.50 bits per heavy atom. The zero-order valence-electron chi connectivity index (χ0n) is 6.45. The van der Waals surface area contributed by atoms with E-state index in [9.17, 15) is 0 Å². The number of aliphatic hydroxyl groups is 3. The maximum atomic E-state index is 8.17. The van der Waals surface area contributed by atoms with E-state index in [1.54, 1.807) is 0 Å². The molecule has 0 atom stereocenters. The van der Waals surface area contributed by atoms with Crippen LogP contribution < -0.4 is 0 Å². The van der Waals surface area contributed by atoms with Gasteiger partial charge in [0.25, 0.3) is 0 Å². The Hall–Kier alpha value is 1.43. The van der Waals surface area contributed by atoms with Crippen LogP contribution in [0.25, 0.3) is 0 Å². The summed E-state index contributed by atoms with van der Waals surface area (Å²) >= 11 is 0. The molecule has 50 valence electrons. The quantitative estimate of drug-likeness (QED) is 0.447. The Balaban J connectivity index is -0.0000000208. The van der Waals surface area contributed by atoms with Gasteiger partial charge in [0.2, 0.25) is 0 Å². The van der Waals surface area contributed by atoms with Gasteiger partial charge < -0.3 is 18.2 Å². The molecule has 0 aromatic carbocycles. The van der Waals surface area contributed by atoms with Crippen molar-refractivity contribution in [3.63, 3.8) is 0 Å². The van der Waals surface area contributed by atoms with Crippen LogP contribution in [0, 0.1) is 0 Å². The molecule has 3 N–H and O–H groups in total. The van der Waals surface area contributed by atoms with Gasteiger partial charge in [0.1, 0.15) is 6.10 Å². The van der Waals surface area contributed by atoms with Crippen molar-refractivity contribution in [1.29, 1.82) is 0 Å². The Kier molecular flexibility index (Phi) is 22.8. The molecule has 0 aromatic rings. The van der Waals surface area contributed by atoms with Gasteiger partial charge in [0, 0.05) is 0 Å². The van der Waals surface area contributed by atoms with Crippen molar-refractivity contribution in [2.45, 2.75) is 6.10 Å². The molecule has 0 amide bonds. The van der Waals surface area contributed by atoms with Gasteiger partial charge in [-0.25, -0.2) is 0 Å². The molecule has 0 fully saturated rings. The second-order valence-electron chi connectivity index (χ2n) is 1.02. The van der Waals surface area contributed by atoms with Gasteiger partial charge in [0.05, 0.1) is 13.2 Å². The molecule has 0 aliphatic carbocycles. The Bertz CT molecular complexity index is 40.9. The molecule has 5 heteroatoms. The normalized spacial score (nSPS) is 7.50. The summed E-state index contributed by atoms with van der Waals surface area (Å²) in [5, 5.41) is 24.0. The van der Waals surface area contributed by atoms with E-state index >= 15 is 0 Å². The molecule has 0 aliphatic heterocycles. The van der Waals surface area contributed by atoms with E-state index in [1.165, 1.54) is 0 Å². The Labute approximate surface area is 87.1 Å². The molecule has 3 nitrogen and oxygen atoms in total. The van der Waals surface area contributed by atoms with Crippen molar-refractivity contribution in [1.82, 2.24) is 0 Å². The Morgan fingerprint density at radius 1 is 1.25 bits per heavy atom. The second-order valence-corrected chi connectivity index (χ2v) is 1.02. The predicted molar refractivity (Wildman–Crippen MR) is 35.4 cm³/mol. The SMILES string of the molecule is Cl.OCC(O)CO.[Ca+2].[H-].[H-]. The van der Waals surface area contributed by atoms with Crippen molar-refractivity contribution in [2.75, 3.05) is 13.2 Å². The van der Waals surface area contributed by atoms with Crippen molar-refractivity contribution >= 4 is 50.1 Å². The van der Waals surface area contributed by atoms with Crippen LogP contribution in [0.1, 0.15) is 2.85 Å². The molecule has 0 unspecified atom stereocenters. The van der Waals surface area contributed by atoms with E-state index in [0.29, 0.717) is 0 Å². The number of rotatable bonds is 2. The predicted octanol–water partition coefficient (Wildman–Crippen LogP) is -1.40. The van der Waals surface area contributed by atoms with E-state index in [0.717, 1.165) is 0 Å². The van der Waals surface area contributed by atoms with E-state index in [-0.39, 0.29) is 66.2 Å². The average Bonchev–Trinajstić information content (AvgIpc) is 1.65. The zero-order valence-corrected chi connectivity index (χ0v) is 7.47. The Morgan fingerprint density at radius 2 is 1.50 bits per heavy atom. The van der Waals surface area contributed by atoms with Gasteiger partial charge in [-0.05, 0) is 0 Å². The molecule has 0 aromatic heterocycles. The summed E-state index contributed by atoms with van der Waals surface area (Å²) in [5.41, 5.74) is 0. The monoisotopic (exact) mass is 170 g/mol. The van der Waals surface area contributed by atoms with Crippen LogP contribution >= 0.6 is 12.4 Å². The number of halogens is 1. The second kappa shape index (κ2) is 11.3. The summed E-state index contributed by atoms with van der Waals surface area (Å²) < 4.78 is 0. The molecule has 0 saturated carbocycles. The minimum atomic E-state index is -0.954. The molecule has 0 saturated heterocycles.